The number of fused-ring (bicyclic) bond motifs is 1. The van der Waals surface area contributed by atoms with Crippen LogP contribution in [0.3, 0.4) is 0 Å². The SMILES string of the molecule is O=C1CCCc2c1c(-c1ccccc1F)nn2CCc1ccccc1. The zero-order valence-electron chi connectivity index (χ0n) is 13.9. The molecule has 1 aromatic heterocycles. The highest BCUT2D eigenvalue weighted by Gasteiger charge is 2.28. The third-order valence-corrected chi connectivity index (χ3v) is 4.74. The minimum absolute atomic E-state index is 0.0745. The van der Waals surface area contributed by atoms with Gasteiger partial charge in [0.2, 0.25) is 0 Å². The van der Waals surface area contributed by atoms with Crippen molar-refractivity contribution < 1.29 is 9.18 Å². The predicted octanol–water partition coefficient (Wildman–Crippen LogP) is 4.45. The minimum atomic E-state index is -0.337. The van der Waals surface area contributed by atoms with E-state index in [1.54, 1.807) is 18.2 Å². The molecule has 2 aromatic carbocycles. The molecule has 0 N–H and O–H groups in total. The standard InChI is InChI=1S/C21H19FN2O/c22-17-10-5-4-9-16(17)21-20-18(11-6-12-19(20)25)24(23-21)14-13-15-7-2-1-3-8-15/h1-5,7-10H,6,11-14H2. The Morgan fingerprint density at radius 1 is 1.00 bits per heavy atom. The Labute approximate surface area is 146 Å². The highest BCUT2D eigenvalue weighted by molar-refractivity contribution is 6.03. The lowest BCUT2D eigenvalue weighted by Crippen LogP contribution is -2.14. The molecule has 0 saturated carbocycles. The fourth-order valence-electron chi connectivity index (χ4n) is 3.49. The van der Waals surface area contributed by atoms with E-state index >= 15 is 0 Å². The summed E-state index contributed by atoms with van der Waals surface area (Å²) in [4.78, 5) is 12.5. The third kappa shape index (κ3) is 3.00. The number of Topliss-reactive ketones (excluding diaryl/α,β-unsaturated/α-hetero) is 1. The predicted molar refractivity (Wildman–Crippen MR) is 95.0 cm³/mol. The molecule has 0 spiro atoms. The van der Waals surface area contributed by atoms with Crippen molar-refractivity contribution in [2.45, 2.75) is 32.2 Å². The van der Waals surface area contributed by atoms with Crippen LogP contribution in [0.4, 0.5) is 4.39 Å². The van der Waals surface area contributed by atoms with Crippen LogP contribution in [0.5, 0.6) is 0 Å². The lowest BCUT2D eigenvalue weighted by atomic mass is 9.92. The monoisotopic (exact) mass is 334 g/mol. The van der Waals surface area contributed by atoms with Crippen LogP contribution in [0.25, 0.3) is 11.3 Å². The maximum Gasteiger partial charge on any atom is 0.166 e. The van der Waals surface area contributed by atoms with E-state index in [-0.39, 0.29) is 11.6 Å². The molecule has 25 heavy (non-hydrogen) atoms. The fourth-order valence-corrected chi connectivity index (χ4v) is 3.49. The average molecular weight is 334 g/mol. The highest BCUT2D eigenvalue weighted by Crippen LogP contribution is 2.32. The summed E-state index contributed by atoms with van der Waals surface area (Å²) in [6.07, 6.45) is 3.00. The van der Waals surface area contributed by atoms with Crippen LogP contribution in [0, 0.1) is 5.82 Å². The molecule has 0 bridgehead atoms. The van der Waals surface area contributed by atoms with E-state index in [9.17, 15) is 9.18 Å². The lowest BCUT2D eigenvalue weighted by molar-refractivity contribution is 0.0972. The lowest BCUT2D eigenvalue weighted by Gasteiger charge is -2.13. The topological polar surface area (TPSA) is 34.9 Å². The van der Waals surface area contributed by atoms with Crippen LogP contribution in [0.1, 0.15) is 34.5 Å². The Balaban J connectivity index is 1.74. The Morgan fingerprint density at radius 2 is 1.76 bits per heavy atom. The van der Waals surface area contributed by atoms with Crippen LogP contribution in [0.2, 0.25) is 0 Å². The van der Waals surface area contributed by atoms with Crippen molar-refractivity contribution in [1.82, 2.24) is 9.78 Å². The van der Waals surface area contributed by atoms with Crippen molar-refractivity contribution >= 4 is 5.78 Å². The van der Waals surface area contributed by atoms with Gasteiger partial charge in [-0.25, -0.2) is 4.39 Å². The van der Waals surface area contributed by atoms with Gasteiger partial charge in [0.15, 0.2) is 5.78 Å². The molecule has 0 fully saturated rings. The number of hydrogen-bond acceptors (Lipinski definition) is 2. The molecule has 0 unspecified atom stereocenters. The van der Waals surface area contributed by atoms with Gasteiger partial charge >= 0.3 is 0 Å². The van der Waals surface area contributed by atoms with Crippen LogP contribution in [0.15, 0.2) is 54.6 Å². The van der Waals surface area contributed by atoms with Crippen molar-refractivity contribution in [2.24, 2.45) is 0 Å². The maximum absolute atomic E-state index is 14.3. The molecular weight excluding hydrogens is 315 g/mol. The molecule has 0 aliphatic heterocycles. The number of halogens is 1. The van der Waals surface area contributed by atoms with Crippen molar-refractivity contribution in [3.05, 3.63) is 77.2 Å². The summed E-state index contributed by atoms with van der Waals surface area (Å²) in [5, 5.41) is 4.64. The Morgan fingerprint density at radius 3 is 2.56 bits per heavy atom. The van der Waals surface area contributed by atoms with E-state index in [1.807, 2.05) is 22.9 Å². The van der Waals surface area contributed by atoms with Crippen LogP contribution in [-0.2, 0) is 19.4 Å². The third-order valence-electron chi connectivity index (χ3n) is 4.74. The van der Waals surface area contributed by atoms with Crippen LogP contribution in [-0.4, -0.2) is 15.6 Å². The number of aromatic nitrogens is 2. The Kier molecular flexibility index (Phi) is 4.18. The largest absolute Gasteiger partial charge is 0.294 e. The second kappa shape index (κ2) is 6.63. The van der Waals surface area contributed by atoms with Crippen LogP contribution < -0.4 is 0 Å². The van der Waals surface area contributed by atoms with Gasteiger partial charge < -0.3 is 0 Å². The van der Waals surface area contributed by atoms with Gasteiger partial charge in [-0.15, -0.1) is 0 Å². The van der Waals surface area contributed by atoms with Gasteiger partial charge in [0, 0.05) is 24.2 Å². The number of nitrogens with zero attached hydrogens (tertiary/aromatic N) is 2. The van der Waals surface area contributed by atoms with E-state index < -0.39 is 0 Å². The molecule has 4 rings (SSSR count). The Bertz CT molecular complexity index is 915. The van der Waals surface area contributed by atoms with E-state index in [4.69, 9.17) is 0 Å². The second-order valence-corrected chi connectivity index (χ2v) is 6.39. The first-order valence-corrected chi connectivity index (χ1v) is 8.66. The quantitative estimate of drug-likeness (QED) is 0.706. The van der Waals surface area contributed by atoms with Gasteiger partial charge in [-0.2, -0.15) is 5.10 Å². The van der Waals surface area contributed by atoms with Gasteiger partial charge in [-0.3, -0.25) is 9.48 Å². The van der Waals surface area contributed by atoms with Gasteiger partial charge in [0.1, 0.15) is 11.5 Å². The Hall–Kier alpha value is -2.75. The van der Waals surface area contributed by atoms with E-state index in [0.717, 1.165) is 25.0 Å². The molecule has 0 radical (unpaired) electrons. The maximum atomic E-state index is 14.3. The molecule has 1 aliphatic rings. The number of carbonyl (C=O) groups is 1. The molecule has 0 atom stereocenters. The summed E-state index contributed by atoms with van der Waals surface area (Å²) in [7, 11) is 0. The van der Waals surface area contributed by atoms with E-state index in [2.05, 4.69) is 17.2 Å². The first-order chi connectivity index (χ1) is 12.2. The van der Waals surface area contributed by atoms with Crippen molar-refractivity contribution in [2.75, 3.05) is 0 Å². The van der Waals surface area contributed by atoms with Gasteiger partial charge in [0.25, 0.3) is 0 Å². The fraction of sp³-hybridized carbons (Fsp3) is 0.238. The molecule has 1 aliphatic carbocycles. The number of carbonyl (C=O) groups excluding carboxylic acids is 1. The molecule has 1 heterocycles. The summed E-state index contributed by atoms with van der Waals surface area (Å²) in [6.45, 7) is 0.689. The highest BCUT2D eigenvalue weighted by atomic mass is 19.1. The van der Waals surface area contributed by atoms with Crippen LogP contribution >= 0.6 is 0 Å². The van der Waals surface area contributed by atoms with Gasteiger partial charge in [-0.1, -0.05) is 42.5 Å². The summed E-state index contributed by atoms with van der Waals surface area (Å²) < 4.78 is 16.2. The molecule has 0 saturated heterocycles. The van der Waals surface area contributed by atoms with E-state index in [0.29, 0.717) is 29.8 Å². The van der Waals surface area contributed by atoms with E-state index in [1.165, 1.54) is 11.6 Å². The number of hydrogen-bond donors (Lipinski definition) is 0. The number of aryl methyl sites for hydroxylation is 2. The smallest absolute Gasteiger partial charge is 0.166 e. The van der Waals surface area contributed by atoms with Crippen molar-refractivity contribution in [3.63, 3.8) is 0 Å². The zero-order chi connectivity index (χ0) is 17.2. The van der Waals surface area contributed by atoms with Crippen molar-refractivity contribution in [3.8, 4) is 11.3 Å². The summed E-state index contributed by atoms with van der Waals surface area (Å²) in [6, 6.07) is 16.7. The van der Waals surface area contributed by atoms with Gasteiger partial charge in [0.05, 0.1) is 5.56 Å². The van der Waals surface area contributed by atoms with Crippen molar-refractivity contribution in [1.29, 1.82) is 0 Å². The molecule has 4 heteroatoms. The number of rotatable bonds is 4. The summed E-state index contributed by atoms with van der Waals surface area (Å²) >= 11 is 0. The summed E-state index contributed by atoms with van der Waals surface area (Å²) in [5.41, 5.74) is 3.69. The molecule has 3 nitrogen and oxygen atoms in total. The summed E-state index contributed by atoms with van der Waals surface area (Å²) in [5.74, 6) is -0.262. The number of ketones is 1. The first-order valence-electron chi connectivity index (χ1n) is 8.66. The second-order valence-electron chi connectivity index (χ2n) is 6.39. The zero-order valence-corrected chi connectivity index (χ0v) is 13.9. The molecule has 126 valence electrons. The number of benzene rings is 2. The average Bonchev–Trinajstić information content (AvgIpc) is 3.01. The molecule has 3 aromatic rings. The van der Waals surface area contributed by atoms with Gasteiger partial charge in [-0.05, 0) is 37.0 Å². The molecular formula is C21H19FN2O. The molecule has 0 amide bonds. The normalized spacial score (nSPS) is 13.7. The minimum Gasteiger partial charge on any atom is -0.294 e. The first kappa shape index (κ1) is 15.8.